The van der Waals surface area contributed by atoms with Gasteiger partial charge in [0.25, 0.3) is 0 Å². The van der Waals surface area contributed by atoms with Gasteiger partial charge in [-0.25, -0.2) is 0 Å². The third kappa shape index (κ3) is 4.06. The Kier molecular flexibility index (Phi) is 4.96. The SMILES string of the molecule is CC[C@H](C)NC(=O)CSCc1ccc2c(c1)OCO2. The molecule has 0 spiro atoms. The van der Waals surface area contributed by atoms with Gasteiger partial charge < -0.3 is 14.8 Å². The molecule has 1 aliphatic rings. The zero-order chi connectivity index (χ0) is 13.7. The van der Waals surface area contributed by atoms with Crippen molar-refractivity contribution >= 4 is 17.7 Å². The molecule has 0 aromatic heterocycles. The van der Waals surface area contributed by atoms with E-state index in [1.54, 1.807) is 11.8 Å². The zero-order valence-electron chi connectivity index (χ0n) is 11.3. The highest BCUT2D eigenvalue weighted by molar-refractivity contribution is 7.99. The molecule has 0 fully saturated rings. The van der Waals surface area contributed by atoms with Gasteiger partial charge in [0.1, 0.15) is 0 Å². The van der Waals surface area contributed by atoms with Crippen molar-refractivity contribution in [1.82, 2.24) is 5.32 Å². The molecule has 1 amide bonds. The van der Waals surface area contributed by atoms with Gasteiger partial charge in [-0.05, 0) is 31.0 Å². The summed E-state index contributed by atoms with van der Waals surface area (Å²) in [4.78, 5) is 11.6. The quantitative estimate of drug-likeness (QED) is 0.870. The standard InChI is InChI=1S/C14H19NO3S/c1-3-10(2)15-14(16)8-19-7-11-4-5-12-13(6-11)18-9-17-12/h4-6,10H,3,7-9H2,1-2H3,(H,15,16)/t10-/m0/s1. The van der Waals surface area contributed by atoms with E-state index in [1.165, 1.54) is 0 Å². The van der Waals surface area contributed by atoms with Crippen LogP contribution in [0.25, 0.3) is 0 Å². The first-order chi connectivity index (χ1) is 9.19. The molecule has 4 nitrogen and oxygen atoms in total. The summed E-state index contributed by atoms with van der Waals surface area (Å²) < 4.78 is 10.6. The number of hydrogen-bond donors (Lipinski definition) is 1. The van der Waals surface area contributed by atoms with E-state index < -0.39 is 0 Å². The van der Waals surface area contributed by atoms with Crippen LogP contribution in [0.3, 0.4) is 0 Å². The summed E-state index contributed by atoms with van der Waals surface area (Å²) in [5, 5.41) is 2.95. The maximum atomic E-state index is 11.6. The molecule has 104 valence electrons. The minimum atomic E-state index is 0.0973. The molecular formula is C14H19NO3S. The van der Waals surface area contributed by atoms with Crippen LogP contribution in [-0.4, -0.2) is 24.5 Å². The molecule has 0 unspecified atom stereocenters. The van der Waals surface area contributed by atoms with Gasteiger partial charge in [0.15, 0.2) is 11.5 Å². The van der Waals surface area contributed by atoms with E-state index in [4.69, 9.17) is 9.47 Å². The molecule has 5 heteroatoms. The average molecular weight is 281 g/mol. The van der Waals surface area contributed by atoms with E-state index in [1.807, 2.05) is 25.1 Å². The van der Waals surface area contributed by atoms with E-state index >= 15 is 0 Å². The first-order valence-electron chi connectivity index (χ1n) is 6.44. The first-order valence-corrected chi connectivity index (χ1v) is 7.60. The molecular weight excluding hydrogens is 262 g/mol. The van der Waals surface area contributed by atoms with Gasteiger partial charge in [0.2, 0.25) is 12.7 Å². The van der Waals surface area contributed by atoms with Gasteiger partial charge in [-0.3, -0.25) is 4.79 Å². The highest BCUT2D eigenvalue weighted by Gasteiger charge is 2.13. The molecule has 0 saturated carbocycles. The Morgan fingerprint density at radius 2 is 2.21 bits per heavy atom. The normalized spacial score (nSPS) is 14.2. The lowest BCUT2D eigenvalue weighted by Crippen LogP contribution is -2.33. The van der Waals surface area contributed by atoms with Crippen molar-refractivity contribution in [2.45, 2.75) is 32.1 Å². The Bertz CT molecular complexity index is 450. The predicted octanol–water partition coefficient (Wildman–Crippen LogP) is 2.56. The second-order valence-corrected chi connectivity index (χ2v) is 5.54. The number of thioether (sulfide) groups is 1. The molecule has 1 atom stereocenters. The van der Waals surface area contributed by atoms with Crippen LogP contribution >= 0.6 is 11.8 Å². The maximum Gasteiger partial charge on any atom is 0.231 e. The van der Waals surface area contributed by atoms with Crippen LogP contribution in [0.4, 0.5) is 0 Å². The number of carbonyl (C=O) groups is 1. The van der Waals surface area contributed by atoms with Crippen molar-refractivity contribution in [1.29, 1.82) is 0 Å². The molecule has 1 heterocycles. The second-order valence-electron chi connectivity index (χ2n) is 4.56. The molecule has 0 bridgehead atoms. The lowest BCUT2D eigenvalue weighted by atomic mass is 10.2. The average Bonchev–Trinajstić information content (AvgIpc) is 2.86. The van der Waals surface area contributed by atoms with Gasteiger partial charge in [0, 0.05) is 11.8 Å². The van der Waals surface area contributed by atoms with Crippen molar-refractivity contribution in [2.24, 2.45) is 0 Å². The Labute approximate surface area is 117 Å². The fourth-order valence-corrected chi connectivity index (χ4v) is 2.50. The van der Waals surface area contributed by atoms with Crippen molar-refractivity contribution in [3.8, 4) is 11.5 Å². The molecule has 2 rings (SSSR count). The van der Waals surface area contributed by atoms with E-state index in [9.17, 15) is 4.79 Å². The summed E-state index contributed by atoms with van der Waals surface area (Å²) in [5.41, 5.74) is 1.14. The van der Waals surface area contributed by atoms with Crippen LogP contribution in [0.2, 0.25) is 0 Å². The number of fused-ring (bicyclic) bond motifs is 1. The topological polar surface area (TPSA) is 47.6 Å². The molecule has 1 aromatic carbocycles. The van der Waals surface area contributed by atoms with Crippen molar-refractivity contribution in [2.75, 3.05) is 12.5 Å². The zero-order valence-corrected chi connectivity index (χ0v) is 12.1. The number of hydrogen-bond acceptors (Lipinski definition) is 4. The van der Waals surface area contributed by atoms with E-state index in [0.717, 1.165) is 29.2 Å². The second kappa shape index (κ2) is 6.70. The summed E-state index contributed by atoms with van der Waals surface area (Å²) in [6, 6.07) is 6.14. The van der Waals surface area contributed by atoms with Gasteiger partial charge in [0.05, 0.1) is 5.75 Å². The van der Waals surface area contributed by atoms with Crippen LogP contribution in [0.5, 0.6) is 11.5 Å². The van der Waals surface area contributed by atoms with Gasteiger partial charge >= 0.3 is 0 Å². The summed E-state index contributed by atoms with van der Waals surface area (Å²) in [6.07, 6.45) is 0.957. The Morgan fingerprint density at radius 1 is 1.42 bits per heavy atom. The van der Waals surface area contributed by atoms with Gasteiger partial charge in [-0.1, -0.05) is 13.0 Å². The first kappa shape index (κ1) is 14.1. The van der Waals surface area contributed by atoms with E-state index in [2.05, 4.69) is 12.2 Å². The van der Waals surface area contributed by atoms with Gasteiger partial charge in [-0.2, -0.15) is 0 Å². The lowest BCUT2D eigenvalue weighted by Gasteiger charge is -2.10. The summed E-state index contributed by atoms with van der Waals surface area (Å²) in [7, 11) is 0. The fraction of sp³-hybridized carbons (Fsp3) is 0.500. The minimum absolute atomic E-state index is 0.0973. The van der Waals surface area contributed by atoms with Crippen LogP contribution in [0.1, 0.15) is 25.8 Å². The fourth-order valence-electron chi connectivity index (χ4n) is 1.71. The minimum Gasteiger partial charge on any atom is -0.454 e. The highest BCUT2D eigenvalue weighted by atomic mass is 32.2. The molecule has 19 heavy (non-hydrogen) atoms. The monoisotopic (exact) mass is 281 g/mol. The number of amides is 1. The molecule has 0 radical (unpaired) electrons. The largest absolute Gasteiger partial charge is 0.454 e. The predicted molar refractivity (Wildman–Crippen MR) is 76.6 cm³/mol. The molecule has 0 saturated heterocycles. The van der Waals surface area contributed by atoms with Crippen LogP contribution in [-0.2, 0) is 10.5 Å². The smallest absolute Gasteiger partial charge is 0.231 e. The Morgan fingerprint density at radius 3 is 3.00 bits per heavy atom. The third-order valence-corrected chi connectivity index (χ3v) is 3.96. The Balaban J connectivity index is 1.75. The number of rotatable bonds is 6. The number of carbonyl (C=O) groups excluding carboxylic acids is 1. The number of ether oxygens (including phenoxy) is 2. The highest BCUT2D eigenvalue weighted by Crippen LogP contribution is 2.33. The Hall–Kier alpha value is -1.36. The van der Waals surface area contributed by atoms with Crippen molar-refractivity contribution in [3.63, 3.8) is 0 Å². The van der Waals surface area contributed by atoms with E-state index in [0.29, 0.717) is 12.5 Å². The van der Waals surface area contributed by atoms with Crippen molar-refractivity contribution < 1.29 is 14.3 Å². The lowest BCUT2D eigenvalue weighted by molar-refractivity contribution is -0.119. The summed E-state index contributed by atoms with van der Waals surface area (Å²) in [6.45, 7) is 4.37. The molecule has 1 aliphatic heterocycles. The third-order valence-electron chi connectivity index (χ3n) is 2.96. The van der Waals surface area contributed by atoms with Crippen LogP contribution in [0, 0.1) is 0 Å². The molecule has 1 N–H and O–H groups in total. The maximum absolute atomic E-state index is 11.6. The van der Waals surface area contributed by atoms with Crippen LogP contribution < -0.4 is 14.8 Å². The van der Waals surface area contributed by atoms with E-state index in [-0.39, 0.29) is 11.9 Å². The number of benzene rings is 1. The summed E-state index contributed by atoms with van der Waals surface area (Å²) >= 11 is 1.60. The van der Waals surface area contributed by atoms with Crippen LogP contribution in [0.15, 0.2) is 18.2 Å². The van der Waals surface area contributed by atoms with Crippen molar-refractivity contribution in [3.05, 3.63) is 23.8 Å². The number of nitrogens with one attached hydrogen (secondary N) is 1. The summed E-state index contributed by atoms with van der Waals surface area (Å²) in [5.74, 6) is 2.97. The molecule has 1 aromatic rings. The van der Waals surface area contributed by atoms with Gasteiger partial charge in [-0.15, -0.1) is 11.8 Å². The molecule has 0 aliphatic carbocycles.